The Hall–Kier alpha value is -0.610. The van der Waals surface area contributed by atoms with E-state index in [1.807, 2.05) is 7.05 Å². The van der Waals surface area contributed by atoms with Gasteiger partial charge in [0.25, 0.3) is 0 Å². The molecule has 0 aliphatic heterocycles. The summed E-state index contributed by atoms with van der Waals surface area (Å²) in [6.45, 7) is 3.22. The molecule has 12 heavy (non-hydrogen) atoms. The first kappa shape index (κ1) is 11.4. The lowest BCUT2D eigenvalue weighted by atomic mass is 10.4. The van der Waals surface area contributed by atoms with Crippen molar-refractivity contribution in [2.24, 2.45) is 0 Å². The van der Waals surface area contributed by atoms with Crippen molar-refractivity contribution >= 4 is 6.41 Å². The third-order valence-electron chi connectivity index (χ3n) is 1.41. The van der Waals surface area contributed by atoms with Gasteiger partial charge in [-0.05, 0) is 26.4 Å². The third-order valence-corrected chi connectivity index (χ3v) is 1.41. The second-order valence-corrected chi connectivity index (χ2v) is 2.50. The van der Waals surface area contributed by atoms with Crippen molar-refractivity contribution in [2.75, 3.05) is 33.4 Å². The van der Waals surface area contributed by atoms with Crippen LogP contribution in [0.5, 0.6) is 0 Å². The van der Waals surface area contributed by atoms with E-state index in [2.05, 4.69) is 10.6 Å². The van der Waals surface area contributed by atoms with Gasteiger partial charge in [-0.1, -0.05) is 0 Å². The Morgan fingerprint density at radius 1 is 1.25 bits per heavy atom. The van der Waals surface area contributed by atoms with E-state index in [0.717, 1.165) is 32.6 Å². The van der Waals surface area contributed by atoms with Crippen LogP contribution in [-0.4, -0.2) is 39.8 Å². The Kier molecular flexibility index (Phi) is 9.86. The van der Waals surface area contributed by atoms with Gasteiger partial charge in [-0.25, -0.2) is 0 Å². The maximum absolute atomic E-state index is 9.82. The molecular formula is C8H18N2O2. The summed E-state index contributed by atoms with van der Waals surface area (Å²) in [6.07, 6.45) is 2.64. The van der Waals surface area contributed by atoms with Gasteiger partial charge < -0.3 is 15.4 Å². The van der Waals surface area contributed by atoms with Gasteiger partial charge in [0, 0.05) is 19.8 Å². The van der Waals surface area contributed by atoms with E-state index in [4.69, 9.17) is 4.74 Å². The summed E-state index contributed by atoms with van der Waals surface area (Å²) in [4.78, 5) is 9.82. The normalized spacial score (nSPS) is 9.75. The van der Waals surface area contributed by atoms with E-state index in [9.17, 15) is 4.79 Å². The van der Waals surface area contributed by atoms with Crippen LogP contribution in [0.3, 0.4) is 0 Å². The Labute approximate surface area is 73.7 Å². The lowest BCUT2D eigenvalue weighted by Gasteiger charge is -2.02. The molecule has 1 amide bonds. The number of ether oxygens (including phenoxy) is 1. The summed E-state index contributed by atoms with van der Waals surface area (Å²) in [5.41, 5.74) is 0. The zero-order valence-corrected chi connectivity index (χ0v) is 7.64. The van der Waals surface area contributed by atoms with Crippen molar-refractivity contribution in [3.8, 4) is 0 Å². The smallest absolute Gasteiger partial charge is 0.207 e. The minimum absolute atomic E-state index is 0.704. The quantitative estimate of drug-likeness (QED) is 0.374. The first-order valence-corrected chi connectivity index (χ1v) is 4.31. The average Bonchev–Trinajstić information content (AvgIpc) is 2.10. The van der Waals surface area contributed by atoms with Crippen LogP contribution in [0.4, 0.5) is 0 Å². The van der Waals surface area contributed by atoms with Crippen LogP contribution in [0.25, 0.3) is 0 Å². The SMILES string of the molecule is CNCCCOCCCNC=O. The molecule has 0 saturated carbocycles. The molecule has 0 rings (SSSR count). The molecule has 0 radical (unpaired) electrons. The minimum Gasteiger partial charge on any atom is -0.381 e. The molecule has 0 fully saturated rings. The fraction of sp³-hybridized carbons (Fsp3) is 0.875. The molecule has 4 heteroatoms. The van der Waals surface area contributed by atoms with E-state index in [0.29, 0.717) is 13.0 Å². The van der Waals surface area contributed by atoms with Crippen LogP contribution in [0, 0.1) is 0 Å². The van der Waals surface area contributed by atoms with E-state index >= 15 is 0 Å². The summed E-state index contributed by atoms with van der Waals surface area (Å²) >= 11 is 0. The summed E-state index contributed by atoms with van der Waals surface area (Å²) in [6, 6.07) is 0. The Morgan fingerprint density at radius 3 is 2.50 bits per heavy atom. The molecule has 2 N–H and O–H groups in total. The lowest BCUT2D eigenvalue weighted by molar-refractivity contribution is -0.109. The van der Waals surface area contributed by atoms with Crippen molar-refractivity contribution in [3.63, 3.8) is 0 Å². The van der Waals surface area contributed by atoms with Crippen LogP contribution < -0.4 is 10.6 Å². The van der Waals surface area contributed by atoms with Crippen molar-refractivity contribution in [2.45, 2.75) is 12.8 Å². The van der Waals surface area contributed by atoms with Gasteiger partial charge in [0.2, 0.25) is 6.41 Å². The summed E-state index contributed by atoms with van der Waals surface area (Å²) in [5.74, 6) is 0. The minimum atomic E-state index is 0.704. The lowest BCUT2D eigenvalue weighted by Crippen LogP contribution is -2.15. The molecule has 0 aromatic carbocycles. The molecule has 0 saturated heterocycles. The molecule has 0 bridgehead atoms. The van der Waals surface area contributed by atoms with Crippen molar-refractivity contribution in [1.29, 1.82) is 0 Å². The first-order chi connectivity index (χ1) is 5.91. The Morgan fingerprint density at radius 2 is 1.92 bits per heavy atom. The van der Waals surface area contributed by atoms with Gasteiger partial charge in [-0.2, -0.15) is 0 Å². The molecule has 0 aromatic heterocycles. The molecule has 0 heterocycles. The molecule has 4 nitrogen and oxygen atoms in total. The van der Waals surface area contributed by atoms with Crippen molar-refractivity contribution < 1.29 is 9.53 Å². The molecule has 0 aromatic rings. The van der Waals surface area contributed by atoms with Crippen LogP contribution in [0.15, 0.2) is 0 Å². The molecule has 0 atom stereocenters. The number of amides is 1. The zero-order valence-electron chi connectivity index (χ0n) is 7.64. The van der Waals surface area contributed by atoms with Gasteiger partial charge >= 0.3 is 0 Å². The predicted molar refractivity (Wildman–Crippen MR) is 48.0 cm³/mol. The number of carbonyl (C=O) groups is 1. The van der Waals surface area contributed by atoms with E-state index in [1.54, 1.807) is 0 Å². The molecular weight excluding hydrogens is 156 g/mol. The van der Waals surface area contributed by atoms with Gasteiger partial charge in [0.05, 0.1) is 0 Å². The van der Waals surface area contributed by atoms with Crippen LogP contribution in [0.2, 0.25) is 0 Å². The van der Waals surface area contributed by atoms with E-state index in [1.165, 1.54) is 0 Å². The van der Waals surface area contributed by atoms with Crippen molar-refractivity contribution in [3.05, 3.63) is 0 Å². The van der Waals surface area contributed by atoms with E-state index in [-0.39, 0.29) is 0 Å². The van der Waals surface area contributed by atoms with Crippen molar-refractivity contribution in [1.82, 2.24) is 10.6 Å². The monoisotopic (exact) mass is 174 g/mol. The molecule has 72 valence electrons. The molecule has 0 unspecified atom stereocenters. The summed E-state index contributed by atoms with van der Waals surface area (Å²) in [5, 5.41) is 5.62. The predicted octanol–water partition coefficient (Wildman–Crippen LogP) is -0.251. The highest BCUT2D eigenvalue weighted by molar-refractivity contribution is 5.45. The largest absolute Gasteiger partial charge is 0.381 e. The maximum atomic E-state index is 9.82. The summed E-state index contributed by atoms with van der Waals surface area (Å²) in [7, 11) is 1.92. The highest BCUT2D eigenvalue weighted by Crippen LogP contribution is 1.83. The van der Waals surface area contributed by atoms with Gasteiger partial charge in [-0.15, -0.1) is 0 Å². The fourth-order valence-corrected chi connectivity index (χ4v) is 0.788. The number of hydrogen-bond acceptors (Lipinski definition) is 3. The van der Waals surface area contributed by atoms with Gasteiger partial charge in [-0.3, -0.25) is 4.79 Å². The first-order valence-electron chi connectivity index (χ1n) is 4.31. The molecule has 0 spiro atoms. The third kappa shape index (κ3) is 9.39. The van der Waals surface area contributed by atoms with Crippen LogP contribution >= 0.6 is 0 Å². The topological polar surface area (TPSA) is 50.4 Å². The highest BCUT2D eigenvalue weighted by Gasteiger charge is 1.88. The van der Waals surface area contributed by atoms with Gasteiger partial charge in [0.15, 0.2) is 0 Å². The van der Waals surface area contributed by atoms with Gasteiger partial charge in [0.1, 0.15) is 0 Å². The number of hydrogen-bond donors (Lipinski definition) is 2. The van der Waals surface area contributed by atoms with Crippen LogP contribution in [-0.2, 0) is 9.53 Å². The standard InChI is InChI=1S/C8H18N2O2/c1-9-4-2-6-12-7-3-5-10-8-11/h8-9H,2-7H2,1H3,(H,10,11). The number of rotatable bonds is 9. The molecule has 0 aliphatic rings. The Bertz CT molecular complexity index is 99.1. The number of nitrogens with one attached hydrogen (secondary N) is 2. The second kappa shape index (κ2) is 10.4. The maximum Gasteiger partial charge on any atom is 0.207 e. The average molecular weight is 174 g/mol. The molecule has 0 aliphatic carbocycles. The van der Waals surface area contributed by atoms with E-state index < -0.39 is 0 Å². The Balaban J connectivity index is 2.77. The van der Waals surface area contributed by atoms with Crippen LogP contribution in [0.1, 0.15) is 12.8 Å². The second-order valence-electron chi connectivity index (χ2n) is 2.50. The fourth-order valence-electron chi connectivity index (χ4n) is 0.788. The summed E-state index contributed by atoms with van der Waals surface area (Å²) < 4.78 is 5.29. The number of carbonyl (C=O) groups excluding carboxylic acids is 1. The highest BCUT2D eigenvalue weighted by atomic mass is 16.5. The zero-order chi connectivity index (χ0) is 9.07.